The minimum absolute atomic E-state index is 0.195. The van der Waals surface area contributed by atoms with Crippen molar-refractivity contribution in [3.63, 3.8) is 0 Å². The minimum Gasteiger partial charge on any atom is -0.491 e. The van der Waals surface area contributed by atoms with E-state index < -0.39 is 0 Å². The van der Waals surface area contributed by atoms with Gasteiger partial charge in [-0.2, -0.15) is 0 Å². The van der Waals surface area contributed by atoms with Crippen molar-refractivity contribution in [1.29, 1.82) is 0 Å². The Morgan fingerprint density at radius 2 is 1.81 bits per heavy atom. The van der Waals surface area contributed by atoms with Crippen LogP contribution in [-0.2, 0) is 15.9 Å². The third-order valence-electron chi connectivity index (χ3n) is 3.83. The van der Waals surface area contributed by atoms with E-state index in [-0.39, 0.29) is 6.29 Å². The van der Waals surface area contributed by atoms with Crippen LogP contribution in [-0.4, -0.2) is 26.6 Å². The maximum Gasteiger partial charge on any atom is 0.154 e. The average Bonchev–Trinajstić information content (AvgIpc) is 2.90. The zero-order valence-electron chi connectivity index (χ0n) is 12.5. The Morgan fingerprint density at radius 3 is 2.67 bits per heavy atom. The van der Waals surface area contributed by atoms with Crippen LogP contribution in [0, 0.1) is 0 Å². The molecular formula is C18H20O3. The standard InChI is InChI=1S/C18H20O3/c1-13(19-2)20-10-11-21-18-9-5-8-16-15-7-4-3-6-14(15)12-17(16)18/h3-9,13H,10-12H2,1-2H3. The van der Waals surface area contributed by atoms with Gasteiger partial charge in [-0.1, -0.05) is 36.4 Å². The van der Waals surface area contributed by atoms with Gasteiger partial charge in [-0.05, 0) is 29.7 Å². The van der Waals surface area contributed by atoms with Gasteiger partial charge in [0.1, 0.15) is 12.4 Å². The van der Waals surface area contributed by atoms with Gasteiger partial charge in [-0.3, -0.25) is 0 Å². The lowest BCUT2D eigenvalue weighted by Gasteiger charge is -2.13. The molecule has 1 atom stereocenters. The van der Waals surface area contributed by atoms with E-state index in [2.05, 4.69) is 36.4 Å². The highest BCUT2D eigenvalue weighted by atomic mass is 16.7. The predicted molar refractivity (Wildman–Crippen MR) is 82.6 cm³/mol. The normalized spacial score (nSPS) is 13.6. The molecule has 1 aliphatic rings. The van der Waals surface area contributed by atoms with Crippen molar-refractivity contribution < 1.29 is 14.2 Å². The fraction of sp³-hybridized carbons (Fsp3) is 0.333. The van der Waals surface area contributed by atoms with Gasteiger partial charge < -0.3 is 14.2 Å². The van der Waals surface area contributed by atoms with Gasteiger partial charge in [0.15, 0.2) is 6.29 Å². The van der Waals surface area contributed by atoms with Crippen LogP contribution in [0.5, 0.6) is 5.75 Å². The van der Waals surface area contributed by atoms with Gasteiger partial charge in [0, 0.05) is 19.1 Å². The van der Waals surface area contributed by atoms with Crippen molar-refractivity contribution >= 4 is 0 Å². The Balaban J connectivity index is 1.69. The summed E-state index contributed by atoms with van der Waals surface area (Å²) in [5, 5.41) is 0. The molecular weight excluding hydrogens is 264 g/mol. The van der Waals surface area contributed by atoms with E-state index in [9.17, 15) is 0 Å². The van der Waals surface area contributed by atoms with Crippen LogP contribution >= 0.6 is 0 Å². The zero-order valence-corrected chi connectivity index (χ0v) is 12.5. The van der Waals surface area contributed by atoms with Crippen molar-refractivity contribution in [2.75, 3.05) is 20.3 Å². The molecule has 0 radical (unpaired) electrons. The smallest absolute Gasteiger partial charge is 0.154 e. The van der Waals surface area contributed by atoms with E-state index in [4.69, 9.17) is 14.2 Å². The molecule has 3 heteroatoms. The molecule has 0 fully saturated rings. The molecule has 2 aromatic carbocycles. The van der Waals surface area contributed by atoms with Gasteiger partial charge in [0.2, 0.25) is 0 Å². The molecule has 21 heavy (non-hydrogen) atoms. The monoisotopic (exact) mass is 284 g/mol. The van der Waals surface area contributed by atoms with Crippen molar-refractivity contribution in [3.8, 4) is 16.9 Å². The zero-order chi connectivity index (χ0) is 14.7. The fourth-order valence-electron chi connectivity index (χ4n) is 2.70. The summed E-state index contributed by atoms with van der Waals surface area (Å²) in [4.78, 5) is 0. The lowest BCUT2D eigenvalue weighted by molar-refractivity contribution is -0.115. The molecule has 0 N–H and O–H groups in total. The van der Waals surface area contributed by atoms with E-state index >= 15 is 0 Å². The van der Waals surface area contributed by atoms with E-state index in [1.165, 1.54) is 22.3 Å². The van der Waals surface area contributed by atoms with Gasteiger partial charge in [-0.15, -0.1) is 0 Å². The Kier molecular flexibility index (Phi) is 4.23. The average molecular weight is 284 g/mol. The first kappa shape index (κ1) is 14.1. The van der Waals surface area contributed by atoms with Gasteiger partial charge in [-0.25, -0.2) is 0 Å². The highest BCUT2D eigenvalue weighted by molar-refractivity contribution is 5.78. The lowest BCUT2D eigenvalue weighted by Crippen LogP contribution is -2.15. The summed E-state index contributed by atoms with van der Waals surface area (Å²) >= 11 is 0. The Morgan fingerprint density at radius 1 is 1.00 bits per heavy atom. The number of rotatable bonds is 6. The number of benzene rings is 2. The highest BCUT2D eigenvalue weighted by Gasteiger charge is 2.20. The number of methoxy groups -OCH3 is 1. The number of hydrogen-bond donors (Lipinski definition) is 0. The van der Waals surface area contributed by atoms with Crippen molar-refractivity contribution in [2.45, 2.75) is 19.6 Å². The largest absolute Gasteiger partial charge is 0.491 e. The summed E-state index contributed by atoms with van der Waals surface area (Å²) in [5.74, 6) is 0.956. The summed E-state index contributed by atoms with van der Waals surface area (Å²) in [5.41, 5.74) is 5.25. The molecule has 0 amide bonds. The second kappa shape index (κ2) is 6.29. The van der Waals surface area contributed by atoms with E-state index in [1.807, 2.05) is 13.0 Å². The summed E-state index contributed by atoms with van der Waals surface area (Å²) in [6, 6.07) is 14.8. The van der Waals surface area contributed by atoms with Crippen LogP contribution < -0.4 is 4.74 Å². The highest BCUT2D eigenvalue weighted by Crippen LogP contribution is 2.40. The quantitative estimate of drug-likeness (QED) is 0.511. The molecule has 0 saturated carbocycles. The molecule has 0 spiro atoms. The summed E-state index contributed by atoms with van der Waals surface area (Å²) in [6.07, 6.45) is 0.746. The SMILES string of the molecule is COC(C)OCCOc1cccc2c1Cc1ccccc1-2. The van der Waals surface area contributed by atoms with E-state index in [0.29, 0.717) is 13.2 Å². The summed E-state index contributed by atoms with van der Waals surface area (Å²) in [6.45, 7) is 2.92. The molecule has 2 aromatic rings. The van der Waals surface area contributed by atoms with Crippen LogP contribution in [0.2, 0.25) is 0 Å². The predicted octanol–water partition coefficient (Wildman–Crippen LogP) is 3.65. The van der Waals surface area contributed by atoms with Gasteiger partial charge in [0.05, 0.1) is 6.61 Å². The Labute approximate surface area is 125 Å². The van der Waals surface area contributed by atoms with Crippen LogP contribution in [0.15, 0.2) is 42.5 Å². The third-order valence-corrected chi connectivity index (χ3v) is 3.83. The maximum atomic E-state index is 5.89. The topological polar surface area (TPSA) is 27.7 Å². The van der Waals surface area contributed by atoms with E-state index in [1.54, 1.807) is 7.11 Å². The first-order valence-corrected chi connectivity index (χ1v) is 7.27. The molecule has 3 nitrogen and oxygen atoms in total. The van der Waals surface area contributed by atoms with Crippen molar-refractivity contribution in [3.05, 3.63) is 53.6 Å². The molecule has 0 bridgehead atoms. The molecule has 0 heterocycles. The first-order valence-electron chi connectivity index (χ1n) is 7.27. The molecule has 110 valence electrons. The number of ether oxygens (including phenoxy) is 3. The third kappa shape index (κ3) is 2.94. The van der Waals surface area contributed by atoms with Crippen LogP contribution in [0.1, 0.15) is 18.1 Å². The van der Waals surface area contributed by atoms with Crippen molar-refractivity contribution in [2.24, 2.45) is 0 Å². The van der Waals surface area contributed by atoms with E-state index in [0.717, 1.165) is 12.2 Å². The molecule has 1 unspecified atom stereocenters. The second-order valence-electron chi connectivity index (χ2n) is 5.14. The van der Waals surface area contributed by atoms with Crippen molar-refractivity contribution in [1.82, 2.24) is 0 Å². The van der Waals surface area contributed by atoms with Gasteiger partial charge in [0.25, 0.3) is 0 Å². The number of hydrogen-bond acceptors (Lipinski definition) is 3. The molecule has 0 aromatic heterocycles. The maximum absolute atomic E-state index is 5.89. The van der Waals surface area contributed by atoms with Gasteiger partial charge >= 0.3 is 0 Å². The lowest BCUT2D eigenvalue weighted by atomic mass is 10.1. The molecule has 1 aliphatic carbocycles. The minimum atomic E-state index is -0.195. The molecule has 0 aliphatic heterocycles. The fourth-order valence-corrected chi connectivity index (χ4v) is 2.70. The molecule has 0 saturated heterocycles. The second-order valence-corrected chi connectivity index (χ2v) is 5.14. The summed E-state index contributed by atoms with van der Waals surface area (Å²) < 4.78 is 16.4. The molecule has 3 rings (SSSR count). The first-order chi connectivity index (χ1) is 10.3. The van der Waals surface area contributed by atoms with Crippen LogP contribution in [0.25, 0.3) is 11.1 Å². The number of fused-ring (bicyclic) bond motifs is 3. The van der Waals surface area contributed by atoms with Crippen LogP contribution in [0.3, 0.4) is 0 Å². The van der Waals surface area contributed by atoms with Crippen LogP contribution in [0.4, 0.5) is 0 Å². The summed E-state index contributed by atoms with van der Waals surface area (Å²) in [7, 11) is 1.63. The Bertz CT molecular complexity index is 622. The Hall–Kier alpha value is -1.84.